The third-order valence-corrected chi connectivity index (χ3v) is 3.89. The fourth-order valence-corrected chi connectivity index (χ4v) is 2.50. The van der Waals surface area contributed by atoms with Crippen molar-refractivity contribution in [1.82, 2.24) is 20.1 Å². The lowest BCUT2D eigenvalue weighted by Gasteiger charge is -2.17. The van der Waals surface area contributed by atoms with Crippen LogP contribution in [-0.4, -0.2) is 57.3 Å². The third-order valence-electron chi connectivity index (χ3n) is 2.91. The number of carboxylic acids is 1. The molecule has 1 rings (SSSR count). The number of methoxy groups -OCH3 is 1. The van der Waals surface area contributed by atoms with Crippen LogP contribution in [0.5, 0.6) is 0 Å². The minimum atomic E-state index is -1.03. The van der Waals surface area contributed by atoms with Gasteiger partial charge in [0.15, 0.2) is 5.16 Å². The first-order valence-electron chi connectivity index (χ1n) is 6.97. The highest BCUT2D eigenvalue weighted by Gasteiger charge is 2.23. The van der Waals surface area contributed by atoms with E-state index < -0.39 is 12.0 Å². The molecule has 1 aromatic rings. The quantitative estimate of drug-likeness (QED) is 0.479. The van der Waals surface area contributed by atoms with Gasteiger partial charge in [0, 0.05) is 20.3 Å². The van der Waals surface area contributed by atoms with Gasteiger partial charge in [-0.2, -0.15) is 0 Å². The summed E-state index contributed by atoms with van der Waals surface area (Å²) in [5.74, 6) is -1.45. The van der Waals surface area contributed by atoms with Gasteiger partial charge in [-0.3, -0.25) is 4.79 Å². The van der Waals surface area contributed by atoms with Gasteiger partial charge in [-0.25, -0.2) is 4.79 Å². The standard InChI is InChI=1S/C13H22N4O4S/c1-9(2)11(12(19)20)15-10(18)7-22-13-16-14-8-17(13)5-4-6-21-3/h8-9,11H,4-7H2,1-3H3,(H,15,18)(H,19,20). The molecule has 0 fully saturated rings. The second-order valence-electron chi connectivity index (χ2n) is 5.07. The summed E-state index contributed by atoms with van der Waals surface area (Å²) in [6, 6.07) is -0.882. The molecular formula is C13H22N4O4S. The second kappa shape index (κ2) is 9.42. The Balaban J connectivity index is 2.47. The first kappa shape index (κ1) is 18.4. The van der Waals surface area contributed by atoms with Gasteiger partial charge in [0.1, 0.15) is 12.4 Å². The van der Waals surface area contributed by atoms with Gasteiger partial charge in [0.2, 0.25) is 5.91 Å². The van der Waals surface area contributed by atoms with Gasteiger partial charge in [-0.1, -0.05) is 25.6 Å². The number of ether oxygens (including phenoxy) is 1. The molecule has 2 N–H and O–H groups in total. The molecular weight excluding hydrogens is 308 g/mol. The highest BCUT2D eigenvalue weighted by atomic mass is 32.2. The molecule has 0 spiro atoms. The average molecular weight is 330 g/mol. The zero-order chi connectivity index (χ0) is 16.5. The van der Waals surface area contributed by atoms with E-state index in [-0.39, 0.29) is 17.6 Å². The largest absolute Gasteiger partial charge is 0.480 e. The number of hydrogen-bond donors (Lipinski definition) is 2. The second-order valence-corrected chi connectivity index (χ2v) is 6.01. The normalized spacial score (nSPS) is 12.4. The van der Waals surface area contributed by atoms with Crippen LogP contribution < -0.4 is 5.32 Å². The van der Waals surface area contributed by atoms with Crippen molar-refractivity contribution in [2.24, 2.45) is 5.92 Å². The van der Waals surface area contributed by atoms with Gasteiger partial charge >= 0.3 is 5.97 Å². The van der Waals surface area contributed by atoms with E-state index >= 15 is 0 Å². The Morgan fingerprint density at radius 1 is 1.50 bits per heavy atom. The van der Waals surface area contributed by atoms with E-state index in [1.807, 2.05) is 4.57 Å². The maximum atomic E-state index is 11.9. The molecule has 8 nitrogen and oxygen atoms in total. The number of rotatable bonds is 10. The van der Waals surface area contributed by atoms with E-state index in [1.54, 1.807) is 27.3 Å². The number of carboxylic acid groups (broad SMARTS) is 1. The van der Waals surface area contributed by atoms with Crippen molar-refractivity contribution in [1.29, 1.82) is 0 Å². The number of hydrogen-bond acceptors (Lipinski definition) is 6. The summed E-state index contributed by atoms with van der Waals surface area (Å²) in [7, 11) is 1.64. The van der Waals surface area contributed by atoms with E-state index in [0.717, 1.165) is 6.42 Å². The topological polar surface area (TPSA) is 106 Å². The zero-order valence-corrected chi connectivity index (χ0v) is 13.8. The smallest absolute Gasteiger partial charge is 0.326 e. The van der Waals surface area contributed by atoms with E-state index in [2.05, 4.69) is 15.5 Å². The number of aryl methyl sites for hydroxylation is 1. The van der Waals surface area contributed by atoms with Crippen molar-refractivity contribution in [2.75, 3.05) is 19.5 Å². The summed E-state index contributed by atoms with van der Waals surface area (Å²) in [4.78, 5) is 22.9. The Morgan fingerprint density at radius 3 is 2.82 bits per heavy atom. The van der Waals surface area contributed by atoms with Crippen LogP contribution in [0.4, 0.5) is 0 Å². The lowest BCUT2D eigenvalue weighted by Crippen LogP contribution is -2.45. The Morgan fingerprint density at radius 2 is 2.23 bits per heavy atom. The molecule has 124 valence electrons. The monoisotopic (exact) mass is 330 g/mol. The van der Waals surface area contributed by atoms with E-state index in [4.69, 9.17) is 9.84 Å². The van der Waals surface area contributed by atoms with Crippen molar-refractivity contribution in [3.8, 4) is 0 Å². The predicted molar refractivity (Wildman–Crippen MR) is 81.6 cm³/mol. The maximum Gasteiger partial charge on any atom is 0.326 e. The molecule has 1 aromatic heterocycles. The number of aromatic nitrogens is 3. The van der Waals surface area contributed by atoms with Crippen molar-refractivity contribution in [3.05, 3.63) is 6.33 Å². The number of thioether (sulfide) groups is 1. The molecule has 0 saturated carbocycles. The highest BCUT2D eigenvalue weighted by molar-refractivity contribution is 7.99. The van der Waals surface area contributed by atoms with Crippen molar-refractivity contribution in [2.45, 2.75) is 38.0 Å². The van der Waals surface area contributed by atoms with Gasteiger partial charge in [-0.05, 0) is 12.3 Å². The van der Waals surface area contributed by atoms with Crippen LogP contribution in [0.25, 0.3) is 0 Å². The number of amides is 1. The molecule has 1 heterocycles. The molecule has 0 aliphatic carbocycles. The van der Waals surface area contributed by atoms with Crippen LogP contribution in [0.2, 0.25) is 0 Å². The Labute approximate surface area is 133 Å². The van der Waals surface area contributed by atoms with Crippen LogP contribution in [0.1, 0.15) is 20.3 Å². The minimum Gasteiger partial charge on any atom is -0.480 e. The van der Waals surface area contributed by atoms with Crippen molar-refractivity contribution in [3.63, 3.8) is 0 Å². The minimum absolute atomic E-state index is 0.0967. The number of carbonyl (C=O) groups excluding carboxylic acids is 1. The fourth-order valence-electron chi connectivity index (χ4n) is 1.75. The van der Waals surface area contributed by atoms with Crippen LogP contribution in [0.3, 0.4) is 0 Å². The van der Waals surface area contributed by atoms with Crippen LogP contribution in [0.15, 0.2) is 11.5 Å². The van der Waals surface area contributed by atoms with Crippen molar-refractivity contribution < 1.29 is 19.4 Å². The average Bonchev–Trinajstić information content (AvgIpc) is 2.89. The number of nitrogens with zero attached hydrogens (tertiary/aromatic N) is 3. The first-order chi connectivity index (χ1) is 10.5. The van der Waals surface area contributed by atoms with Gasteiger partial charge in [0.25, 0.3) is 0 Å². The summed E-state index contributed by atoms with van der Waals surface area (Å²) in [5, 5.41) is 20.0. The molecule has 0 aliphatic heterocycles. The first-order valence-corrected chi connectivity index (χ1v) is 7.96. The Bertz CT molecular complexity index is 492. The maximum absolute atomic E-state index is 11.9. The predicted octanol–water partition coefficient (Wildman–Crippen LogP) is 0.632. The van der Waals surface area contributed by atoms with E-state index in [0.29, 0.717) is 18.3 Å². The summed E-state index contributed by atoms with van der Waals surface area (Å²) in [5.41, 5.74) is 0. The molecule has 0 bridgehead atoms. The molecule has 0 radical (unpaired) electrons. The van der Waals surface area contributed by atoms with Crippen molar-refractivity contribution >= 4 is 23.6 Å². The third kappa shape index (κ3) is 6.02. The SMILES string of the molecule is COCCCn1cnnc1SCC(=O)NC(C(=O)O)C(C)C. The zero-order valence-electron chi connectivity index (χ0n) is 13.0. The summed E-state index contributed by atoms with van der Waals surface area (Å²) in [6.45, 7) is 4.84. The number of nitrogens with one attached hydrogen (secondary N) is 1. The lowest BCUT2D eigenvalue weighted by atomic mass is 10.1. The van der Waals surface area contributed by atoms with Crippen LogP contribution in [0, 0.1) is 5.92 Å². The summed E-state index contributed by atoms with van der Waals surface area (Å²) < 4.78 is 6.83. The number of aliphatic carboxylic acids is 1. The summed E-state index contributed by atoms with van der Waals surface area (Å²) in [6.07, 6.45) is 2.42. The van der Waals surface area contributed by atoms with Gasteiger partial charge in [-0.15, -0.1) is 10.2 Å². The number of carbonyl (C=O) groups is 2. The van der Waals surface area contributed by atoms with E-state index in [1.165, 1.54) is 11.8 Å². The van der Waals surface area contributed by atoms with Gasteiger partial charge in [0.05, 0.1) is 5.75 Å². The molecule has 0 aromatic carbocycles. The molecule has 1 atom stereocenters. The van der Waals surface area contributed by atoms with Crippen LogP contribution in [-0.2, 0) is 20.9 Å². The molecule has 9 heteroatoms. The molecule has 1 unspecified atom stereocenters. The lowest BCUT2D eigenvalue weighted by molar-refractivity contribution is -0.142. The molecule has 0 aliphatic rings. The Hall–Kier alpha value is -1.61. The fraction of sp³-hybridized carbons (Fsp3) is 0.692. The molecule has 1 amide bonds. The molecule has 22 heavy (non-hydrogen) atoms. The molecule has 0 saturated heterocycles. The Kier molecular flexibility index (Phi) is 7.89. The summed E-state index contributed by atoms with van der Waals surface area (Å²) >= 11 is 1.23. The highest BCUT2D eigenvalue weighted by Crippen LogP contribution is 2.15. The van der Waals surface area contributed by atoms with E-state index in [9.17, 15) is 9.59 Å². The van der Waals surface area contributed by atoms with Gasteiger partial charge < -0.3 is 19.7 Å². The van der Waals surface area contributed by atoms with Crippen LogP contribution >= 0.6 is 11.8 Å².